The molecule has 3 heteroatoms. The molecular formula is C7H14FNO. The highest BCUT2D eigenvalue weighted by Gasteiger charge is 2.05. The maximum absolute atomic E-state index is 11.8. The van der Waals surface area contributed by atoms with E-state index in [1.165, 1.54) is 7.05 Å². The molecule has 0 spiro atoms. The highest BCUT2D eigenvalue weighted by atomic mass is 19.1. The maximum atomic E-state index is 11.8. The Bertz CT molecular complexity index is 114. The van der Waals surface area contributed by atoms with Crippen LogP contribution < -0.4 is 0 Å². The molecule has 0 bridgehead atoms. The molecule has 0 unspecified atom stereocenters. The van der Waals surface area contributed by atoms with Crippen molar-refractivity contribution in [1.29, 1.82) is 0 Å². The fourth-order valence-corrected chi connectivity index (χ4v) is 0.540. The molecule has 0 fully saturated rings. The van der Waals surface area contributed by atoms with Gasteiger partial charge in [0.15, 0.2) is 0 Å². The van der Waals surface area contributed by atoms with Crippen molar-refractivity contribution in [2.24, 2.45) is 5.92 Å². The summed E-state index contributed by atoms with van der Waals surface area (Å²) in [5, 5.41) is 0. The second-order valence-electron chi connectivity index (χ2n) is 2.86. The molecule has 0 aliphatic rings. The van der Waals surface area contributed by atoms with Crippen LogP contribution in [0.1, 0.15) is 20.3 Å². The van der Waals surface area contributed by atoms with Crippen molar-refractivity contribution in [3.05, 3.63) is 0 Å². The summed E-state index contributed by atoms with van der Waals surface area (Å²) in [4.78, 5) is 11.1. The molecule has 0 aliphatic carbocycles. The van der Waals surface area contributed by atoms with Gasteiger partial charge in [-0.3, -0.25) is 0 Å². The molecule has 10 heavy (non-hydrogen) atoms. The van der Waals surface area contributed by atoms with Crippen LogP contribution in [0.2, 0.25) is 0 Å². The summed E-state index contributed by atoms with van der Waals surface area (Å²) < 4.78 is 11.8. The first-order chi connectivity index (χ1) is 4.54. The van der Waals surface area contributed by atoms with Crippen molar-refractivity contribution >= 4 is 6.16 Å². The van der Waals surface area contributed by atoms with Crippen molar-refractivity contribution in [2.45, 2.75) is 20.3 Å². The highest BCUT2D eigenvalue weighted by molar-refractivity contribution is 5.65. The number of carbonyl (C=O) groups excluding carboxylic acids is 1. The van der Waals surface area contributed by atoms with Crippen molar-refractivity contribution in [2.75, 3.05) is 13.6 Å². The first kappa shape index (κ1) is 9.40. The molecule has 0 saturated heterocycles. The minimum Gasteiger partial charge on any atom is -0.318 e. The van der Waals surface area contributed by atoms with E-state index in [9.17, 15) is 9.18 Å². The van der Waals surface area contributed by atoms with Crippen molar-refractivity contribution in [3.8, 4) is 0 Å². The molecule has 0 saturated carbocycles. The predicted molar refractivity (Wildman–Crippen MR) is 38.6 cm³/mol. The summed E-state index contributed by atoms with van der Waals surface area (Å²) in [6.45, 7) is 4.58. The van der Waals surface area contributed by atoms with Gasteiger partial charge >= 0.3 is 6.16 Å². The van der Waals surface area contributed by atoms with Crippen LogP contribution in [-0.4, -0.2) is 24.7 Å². The van der Waals surface area contributed by atoms with Crippen LogP contribution in [0.5, 0.6) is 0 Å². The molecule has 2 nitrogen and oxygen atoms in total. The van der Waals surface area contributed by atoms with E-state index in [4.69, 9.17) is 0 Å². The number of hydrogen-bond donors (Lipinski definition) is 0. The van der Waals surface area contributed by atoms with Gasteiger partial charge in [-0.15, -0.1) is 4.39 Å². The van der Waals surface area contributed by atoms with E-state index in [0.29, 0.717) is 12.5 Å². The van der Waals surface area contributed by atoms with Crippen molar-refractivity contribution in [3.63, 3.8) is 0 Å². The lowest BCUT2D eigenvalue weighted by molar-refractivity contribution is 0.183. The summed E-state index contributed by atoms with van der Waals surface area (Å²) in [6.07, 6.45) is -0.493. The normalized spacial score (nSPS) is 10.1. The van der Waals surface area contributed by atoms with Crippen LogP contribution in [0, 0.1) is 5.92 Å². The molecule has 0 heterocycles. The van der Waals surface area contributed by atoms with Gasteiger partial charge in [-0.1, -0.05) is 13.8 Å². The fraction of sp³-hybridized carbons (Fsp3) is 0.857. The predicted octanol–water partition coefficient (Wildman–Crippen LogP) is 2.05. The molecule has 1 amide bonds. The van der Waals surface area contributed by atoms with Gasteiger partial charge in [-0.25, -0.2) is 4.79 Å². The lowest BCUT2D eigenvalue weighted by Gasteiger charge is -2.12. The Morgan fingerprint density at radius 3 is 2.40 bits per heavy atom. The first-order valence-corrected chi connectivity index (χ1v) is 3.44. The van der Waals surface area contributed by atoms with E-state index in [1.807, 2.05) is 13.8 Å². The molecule has 0 aromatic carbocycles. The molecule has 0 rings (SSSR count). The third kappa shape index (κ3) is 4.30. The number of carbonyl (C=O) groups is 1. The molecule has 0 atom stereocenters. The lowest BCUT2D eigenvalue weighted by atomic mass is 10.1. The van der Waals surface area contributed by atoms with E-state index < -0.39 is 6.16 Å². The SMILES string of the molecule is CC(C)CCN(C)C(=O)F. The number of halogens is 1. The van der Waals surface area contributed by atoms with Gasteiger partial charge in [0.05, 0.1) is 0 Å². The van der Waals surface area contributed by atoms with Gasteiger partial charge in [0.1, 0.15) is 0 Å². The van der Waals surface area contributed by atoms with Gasteiger partial charge in [0.25, 0.3) is 0 Å². The highest BCUT2D eigenvalue weighted by Crippen LogP contribution is 2.01. The zero-order valence-corrected chi connectivity index (χ0v) is 6.72. The zero-order chi connectivity index (χ0) is 8.15. The summed E-state index contributed by atoms with van der Waals surface area (Å²) in [7, 11) is 1.46. The average molecular weight is 147 g/mol. The Labute approximate surface area is 61.0 Å². The molecule has 0 aliphatic heterocycles. The maximum Gasteiger partial charge on any atom is 0.399 e. The molecule has 0 aromatic rings. The third-order valence-corrected chi connectivity index (χ3v) is 1.34. The van der Waals surface area contributed by atoms with E-state index in [2.05, 4.69) is 0 Å². The van der Waals surface area contributed by atoms with Crippen LogP contribution >= 0.6 is 0 Å². The van der Waals surface area contributed by atoms with Gasteiger partial charge in [0, 0.05) is 13.6 Å². The zero-order valence-electron chi connectivity index (χ0n) is 6.72. The quantitative estimate of drug-likeness (QED) is 0.442. The van der Waals surface area contributed by atoms with Crippen LogP contribution in [0.4, 0.5) is 9.18 Å². The summed E-state index contributed by atoms with van der Waals surface area (Å²) in [6, 6.07) is 0. The Kier molecular flexibility index (Phi) is 4.00. The lowest BCUT2D eigenvalue weighted by Crippen LogP contribution is -2.23. The molecule has 0 aromatic heterocycles. The first-order valence-electron chi connectivity index (χ1n) is 3.44. The minimum absolute atomic E-state index is 0.507. The van der Waals surface area contributed by atoms with E-state index in [1.54, 1.807) is 0 Å². The largest absolute Gasteiger partial charge is 0.399 e. The van der Waals surface area contributed by atoms with Crippen LogP contribution in [0.3, 0.4) is 0 Å². The van der Waals surface area contributed by atoms with Gasteiger partial charge in [0.2, 0.25) is 0 Å². The van der Waals surface area contributed by atoms with E-state index >= 15 is 0 Å². The summed E-state index contributed by atoms with van der Waals surface area (Å²) in [5.41, 5.74) is 0. The standard InChI is InChI=1S/C7H14FNO/c1-6(2)4-5-9(3)7(8)10/h6H,4-5H2,1-3H3. The summed E-state index contributed by atoms with van der Waals surface area (Å²) in [5.74, 6) is 0.516. The topological polar surface area (TPSA) is 20.3 Å². The molecule has 0 N–H and O–H groups in total. The van der Waals surface area contributed by atoms with Gasteiger partial charge in [-0.2, -0.15) is 0 Å². The molecule has 0 radical (unpaired) electrons. The second kappa shape index (κ2) is 4.25. The van der Waals surface area contributed by atoms with E-state index in [-0.39, 0.29) is 0 Å². The summed E-state index contributed by atoms with van der Waals surface area (Å²) >= 11 is 0. The van der Waals surface area contributed by atoms with Crippen molar-refractivity contribution < 1.29 is 9.18 Å². The minimum atomic E-state index is -1.35. The van der Waals surface area contributed by atoms with Gasteiger partial charge in [-0.05, 0) is 12.3 Å². The number of rotatable bonds is 3. The van der Waals surface area contributed by atoms with Crippen LogP contribution in [0.15, 0.2) is 0 Å². The van der Waals surface area contributed by atoms with Gasteiger partial charge < -0.3 is 4.90 Å². The third-order valence-electron chi connectivity index (χ3n) is 1.34. The second-order valence-corrected chi connectivity index (χ2v) is 2.86. The number of amides is 1. The number of nitrogens with zero attached hydrogens (tertiary/aromatic N) is 1. The van der Waals surface area contributed by atoms with E-state index in [0.717, 1.165) is 11.3 Å². The Morgan fingerprint density at radius 1 is 1.60 bits per heavy atom. The Hall–Kier alpha value is -0.600. The van der Waals surface area contributed by atoms with Crippen LogP contribution in [0.25, 0.3) is 0 Å². The fourth-order valence-electron chi connectivity index (χ4n) is 0.540. The monoisotopic (exact) mass is 147 g/mol. The molecule has 60 valence electrons. The van der Waals surface area contributed by atoms with Crippen LogP contribution in [-0.2, 0) is 0 Å². The Balaban J connectivity index is 3.40. The smallest absolute Gasteiger partial charge is 0.318 e. The molecular weight excluding hydrogens is 133 g/mol. The number of hydrogen-bond acceptors (Lipinski definition) is 1. The Morgan fingerprint density at radius 2 is 2.10 bits per heavy atom. The van der Waals surface area contributed by atoms with Crippen molar-refractivity contribution in [1.82, 2.24) is 4.90 Å². The average Bonchev–Trinajstić information content (AvgIpc) is 1.82.